The van der Waals surface area contributed by atoms with Crippen LogP contribution in [0.1, 0.15) is 11.1 Å². The first-order valence-electron chi connectivity index (χ1n) is 11.1. The lowest BCUT2D eigenvalue weighted by atomic mass is 10.2. The molecular weight excluding hydrogens is 504 g/mol. The third-order valence-electron chi connectivity index (χ3n) is 5.61. The molecule has 0 radical (unpaired) electrons. The standard InChI is InChI=1S/C23H19F6N7O/c24-22(25,26)13-3-1-5-15(11-13)30-20-32-17-18(33-20)34-21(35-19(17)36-7-9-37-10-8-36)31-16-6-2-4-14(12-16)23(27,28)29/h1-6,11-12H,7-10H2,(H3,30,31,32,33,34,35)/p+1. The average molecular weight is 524 g/mol. The Kier molecular flexibility index (Phi) is 6.27. The Bertz CT molecular complexity index is 1410. The number of ether oxygens (including phenoxy) is 1. The van der Waals surface area contributed by atoms with E-state index in [0.29, 0.717) is 37.6 Å². The van der Waals surface area contributed by atoms with E-state index in [2.05, 4.69) is 30.6 Å². The fraction of sp³-hybridized carbons (Fsp3) is 0.261. The summed E-state index contributed by atoms with van der Waals surface area (Å²) in [5.74, 6) is 0.818. The van der Waals surface area contributed by atoms with Gasteiger partial charge in [-0.1, -0.05) is 17.1 Å². The first-order valence-corrected chi connectivity index (χ1v) is 11.1. The van der Waals surface area contributed by atoms with Gasteiger partial charge in [-0.15, -0.1) is 0 Å². The second-order valence-corrected chi connectivity index (χ2v) is 8.22. The summed E-state index contributed by atoms with van der Waals surface area (Å²) in [7, 11) is 0. The number of fused-ring (bicyclic) bond motifs is 1. The lowest BCUT2D eigenvalue weighted by molar-refractivity contribution is -0.349. The van der Waals surface area contributed by atoms with Crippen molar-refractivity contribution in [2.24, 2.45) is 0 Å². The molecule has 0 amide bonds. The van der Waals surface area contributed by atoms with Gasteiger partial charge in [0.1, 0.15) is 0 Å². The number of imidazole rings is 1. The molecule has 8 nitrogen and oxygen atoms in total. The average Bonchev–Trinajstić information content (AvgIpc) is 3.25. The Morgan fingerprint density at radius 2 is 1.43 bits per heavy atom. The molecule has 2 aromatic heterocycles. The predicted molar refractivity (Wildman–Crippen MR) is 123 cm³/mol. The van der Waals surface area contributed by atoms with Crippen molar-refractivity contribution in [1.29, 1.82) is 0 Å². The van der Waals surface area contributed by atoms with Crippen LogP contribution in [0.25, 0.3) is 11.2 Å². The molecule has 0 spiro atoms. The van der Waals surface area contributed by atoms with Crippen molar-refractivity contribution in [2.45, 2.75) is 12.4 Å². The number of aromatic amines is 2. The Morgan fingerprint density at radius 3 is 2.03 bits per heavy atom. The first kappa shape index (κ1) is 24.6. The molecule has 1 fully saturated rings. The molecule has 0 unspecified atom stereocenters. The highest BCUT2D eigenvalue weighted by Crippen LogP contribution is 2.33. The normalized spacial score (nSPS) is 14.7. The molecule has 0 saturated carbocycles. The van der Waals surface area contributed by atoms with E-state index in [1.165, 1.54) is 24.3 Å². The van der Waals surface area contributed by atoms with E-state index < -0.39 is 23.5 Å². The molecule has 1 aliphatic rings. The van der Waals surface area contributed by atoms with E-state index in [1.54, 1.807) is 0 Å². The van der Waals surface area contributed by atoms with Gasteiger partial charge >= 0.3 is 18.3 Å². The predicted octanol–water partition coefficient (Wildman–Crippen LogP) is 5.13. The van der Waals surface area contributed by atoms with Gasteiger partial charge in [-0.2, -0.15) is 31.3 Å². The number of aromatic nitrogens is 4. The van der Waals surface area contributed by atoms with Crippen LogP contribution in [-0.4, -0.2) is 41.3 Å². The van der Waals surface area contributed by atoms with Gasteiger partial charge in [-0.3, -0.25) is 5.32 Å². The van der Waals surface area contributed by atoms with Crippen molar-refractivity contribution in [2.75, 3.05) is 41.8 Å². The fourth-order valence-corrected chi connectivity index (χ4v) is 3.88. The van der Waals surface area contributed by atoms with Crippen LogP contribution < -0.4 is 20.5 Å². The minimum absolute atomic E-state index is 0.130. The van der Waals surface area contributed by atoms with Crippen LogP contribution in [-0.2, 0) is 17.1 Å². The molecule has 0 atom stereocenters. The summed E-state index contributed by atoms with van der Waals surface area (Å²) in [6.45, 7) is 1.96. The van der Waals surface area contributed by atoms with Crippen LogP contribution in [0.15, 0.2) is 48.5 Å². The minimum Gasteiger partial charge on any atom is -0.376 e. The highest BCUT2D eigenvalue weighted by Gasteiger charge is 2.32. The van der Waals surface area contributed by atoms with E-state index in [9.17, 15) is 26.3 Å². The number of halogens is 6. The zero-order valence-electron chi connectivity index (χ0n) is 19.0. The summed E-state index contributed by atoms with van der Waals surface area (Å²) >= 11 is 0. The summed E-state index contributed by atoms with van der Waals surface area (Å²) in [6.07, 6.45) is -9.01. The van der Waals surface area contributed by atoms with Crippen molar-refractivity contribution >= 4 is 40.3 Å². The third kappa shape index (κ3) is 5.53. The maximum Gasteiger partial charge on any atom is 0.416 e. The number of H-pyrrole nitrogens is 2. The number of hydrogen-bond donors (Lipinski definition) is 3. The molecule has 194 valence electrons. The Labute approximate surface area is 205 Å². The zero-order chi connectivity index (χ0) is 26.2. The third-order valence-corrected chi connectivity index (χ3v) is 5.61. The van der Waals surface area contributed by atoms with Gasteiger partial charge in [-0.25, -0.2) is 4.98 Å². The second-order valence-electron chi connectivity index (χ2n) is 8.22. The van der Waals surface area contributed by atoms with Gasteiger partial charge in [0.05, 0.1) is 43.1 Å². The van der Waals surface area contributed by atoms with Crippen molar-refractivity contribution in [3.63, 3.8) is 0 Å². The maximum atomic E-state index is 13.1. The first-order chi connectivity index (χ1) is 17.6. The van der Waals surface area contributed by atoms with Crippen LogP contribution >= 0.6 is 0 Å². The Balaban J connectivity index is 1.51. The summed E-state index contributed by atoms with van der Waals surface area (Å²) < 4.78 is 84.1. The van der Waals surface area contributed by atoms with Gasteiger partial charge in [0.25, 0.3) is 0 Å². The molecule has 1 aliphatic heterocycles. The summed E-state index contributed by atoms with van der Waals surface area (Å²) in [5.41, 5.74) is -0.659. The van der Waals surface area contributed by atoms with Crippen LogP contribution in [0.4, 0.5) is 55.4 Å². The van der Waals surface area contributed by atoms with E-state index in [0.717, 1.165) is 24.3 Å². The van der Waals surface area contributed by atoms with Crippen LogP contribution in [0.2, 0.25) is 0 Å². The number of nitrogens with zero attached hydrogens (tertiary/aromatic N) is 3. The lowest BCUT2D eigenvalue weighted by Gasteiger charge is -2.24. The summed E-state index contributed by atoms with van der Waals surface area (Å²) in [5, 5.41) is 5.67. The van der Waals surface area contributed by atoms with Gasteiger partial charge in [0.2, 0.25) is 17.4 Å². The molecule has 0 bridgehead atoms. The molecule has 2 aromatic carbocycles. The van der Waals surface area contributed by atoms with E-state index in [-0.39, 0.29) is 28.9 Å². The lowest BCUT2D eigenvalue weighted by Crippen LogP contribution is -2.40. The van der Waals surface area contributed by atoms with Crippen molar-refractivity contribution in [3.05, 3.63) is 59.7 Å². The molecule has 4 N–H and O–H groups in total. The number of nitrogens with one attached hydrogen (secondary N) is 4. The van der Waals surface area contributed by atoms with Crippen LogP contribution in [0.3, 0.4) is 0 Å². The van der Waals surface area contributed by atoms with E-state index in [1.807, 2.05) is 4.90 Å². The number of hydrogen-bond acceptors (Lipinski definition) is 6. The summed E-state index contributed by atoms with van der Waals surface area (Å²) in [4.78, 5) is 16.8. The molecular formula is C23H20F6N7O+. The molecule has 3 heterocycles. The number of benzene rings is 2. The second kappa shape index (κ2) is 9.42. The quantitative estimate of drug-likeness (QED) is 0.314. The van der Waals surface area contributed by atoms with Crippen LogP contribution in [0, 0.1) is 0 Å². The largest absolute Gasteiger partial charge is 0.416 e. The van der Waals surface area contributed by atoms with Gasteiger partial charge in [-0.05, 0) is 36.4 Å². The van der Waals surface area contributed by atoms with E-state index in [4.69, 9.17) is 4.74 Å². The molecule has 14 heteroatoms. The monoisotopic (exact) mass is 524 g/mol. The van der Waals surface area contributed by atoms with Crippen molar-refractivity contribution in [3.8, 4) is 0 Å². The Hall–Kier alpha value is -4.07. The molecule has 37 heavy (non-hydrogen) atoms. The topological polar surface area (TPSA) is 92.2 Å². The zero-order valence-corrected chi connectivity index (χ0v) is 19.0. The number of morpholine rings is 1. The van der Waals surface area contributed by atoms with E-state index >= 15 is 0 Å². The Morgan fingerprint density at radius 1 is 0.838 bits per heavy atom. The van der Waals surface area contributed by atoms with Crippen molar-refractivity contribution < 1.29 is 36.1 Å². The molecule has 1 saturated heterocycles. The van der Waals surface area contributed by atoms with Crippen LogP contribution in [0.5, 0.6) is 0 Å². The molecule has 4 aromatic rings. The summed E-state index contributed by atoms with van der Waals surface area (Å²) in [6, 6.07) is 9.32. The van der Waals surface area contributed by atoms with Gasteiger partial charge in [0.15, 0.2) is 5.52 Å². The molecule has 5 rings (SSSR count). The number of anilines is 5. The van der Waals surface area contributed by atoms with Gasteiger partial charge in [0, 0.05) is 5.69 Å². The van der Waals surface area contributed by atoms with Gasteiger partial charge < -0.3 is 19.9 Å². The maximum absolute atomic E-state index is 13.1. The molecule has 0 aliphatic carbocycles. The highest BCUT2D eigenvalue weighted by atomic mass is 19.4. The number of alkyl halides is 6. The highest BCUT2D eigenvalue weighted by molar-refractivity contribution is 5.85. The van der Waals surface area contributed by atoms with Crippen molar-refractivity contribution in [1.82, 2.24) is 15.0 Å². The number of rotatable bonds is 5. The fourth-order valence-electron chi connectivity index (χ4n) is 3.88. The minimum atomic E-state index is -4.51. The SMILES string of the molecule is FC(F)(F)c1cccc(Nc2nc3nc(Nc4cccc(C(F)(F)F)c4)[nH+]c(N4CCOCC4)c3[nH]2)c1. The smallest absolute Gasteiger partial charge is 0.376 e.